The minimum absolute atomic E-state index is 0.858. The molecular formula is C58H42N2OSi2. The van der Waals surface area contributed by atoms with Gasteiger partial charge in [0.05, 0.1) is 0 Å². The van der Waals surface area contributed by atoms with Crippen molar-refractivity contribution in [1.29, 1.82) is 0 Å². The van der Waals surface area contributed by atoms with Crippen molar-refractivity contribution in [3.63, 3.8) is 0 Å². The van der Waals surface area contributed by atoms with Crippen molar-refractivity contribution in [2.24, 2.45) is 0 Å². The predicted molar refractivity (Wildman–Crippen MR) is 267 cm³/mol. The summed E-state index contributed by atoms with van der Waals surface area (Å²) in [5.41, 5.74) is 6.03. The van der Waals surface area contributed by atoms with Gasteiger partial charge in [-0.25, -0.2) is 0 Å². The van der Waals surface area contributed by atoms with E-state index in [2.05, 4.69) is 255 Å². The van der Waals surface area contributed by atoms with Crippen molar-refractivity contribution >= 4 is 79.8 Å². The number of pyridine rings is 2. The average Bonchev–Trinajstić information content (AvgIpc) is 3.74. The first-order valence-corrected chi connectivity index (χ1v) is 25.5. The molecule has 11 rings (SSSR count). The summed E-state index contributed by atoms with van der Waals surface area (Å²) in [7, 11) is -5.45. The lowest BCUT2D eigenvalue weighted by molar-refractivity contribution is 0.669. The summed E-state index contributed by atoms with van der Waals surface area (Å²) in [4.78, 5) is 10.7. The third-order valence-corrected chi connectivity index (χ3v) is 22.0. The number of benzene rings is 8. The molecule has 0 aliphatic carbocycles. The molecule has 0 bridgehead atoms. The molecule has 0 spiro atoms. The van der Waals surface area contributed by atoms with Gasteiger partial charge in [0.15, 0.2) is 0 Å². The van der Waals surface area contributed by atoms with Gasteiger partial charge in [-0.1, -0.05) is 206 Å². The van der Waals surface area contributed by atoms with Crippen molar-refractivity contribution in [2.45, 2.75) is 0 Å². The second-order valence-corrected chi connectivity index (χ2v) is 23.6. The van der Waals surface area contributed by atoms with Gasteiger partial charge in [0.1, 0.15) is 11.2 Å². The van der Waals surface area contributed by atoms with Crippen LogP contribution < -0.4 is 41.8 Å². The van der Waals surface area contributed by atoms with Gasteiger partial charge in [-0.2, -0.15) is 0 Å². The first-order chi connectivity index (χ1) is 31.2. The Morgan fingerprint density at radius 1 is 0.270 bits per heavy atom. The van der Waals surface area contributed by atoms with E-state index in [1.807, 2.05) is 0 Å². The quantitative estimate of drug-likeness (QED) is 0.103. The SMILES string of the molecule is c1ccc([Si](c2ccccc2)(c2ccccc2)c2ccc(-c3ccc4oc5ccc(-c6ccc([Si](c7ccccc7)(c7ccccc7)c7ccccc7)nc6)cc5c4c3)cn2)cc1. The summed E-state index contributed by atoms with van der Waals surface area (Å²) in [6.45, 7) is 0. The molecule has 8 aromatic carbocycles. The monoisotopic (exact) mass is 838 g/mol. The Kier molecular flexibility index (Phi) is 9.89. The number of aromatic nitrogens is 2. The largest absolute Gasteiger partial charge is 0.456 e. The highest BCUT2D eigenvalue weighted by molar-refractivity contribution is 7.20. The zero-order chi connectivity index (χ0) is 42.1. The highest BCUT2D eigenvalue weighted by atomic mass is 28.3. The maximum atomic E-state index is 6.44. The van der Waals surface area contributed by atoms with Crippen LogP contribution in [-0.2, 0) is 0 Å². The molecule has 0 N–H and O–H groups in total. The maximum Gasteiger partial charge on any atom is 0.201 e. The molecule has 0 aliphatic rings. The predicted octanol–water partition coefficient (Wildman–Crippen LogP) is 8.46. The Morgan fingerprint density at radius 3 is 0.794 bits per heavy atom. The fraction of sp³-hybridized carbons (Fsp3) is 0. The van der Waals surface area contributed by atoms with Crippen LogP contribution in [0.25, 0.3) is 44.2 Å². The van der Waals surface area contributed by atoms with Gasteiger partial charge >= 0.3 is 0 Å². The molecule has 3 nitrogen and oxygen atoms in total. The van der Waals surface area contributed by atoms with E-state index >= 15 is 0 Å². The molecule has 0 saturated carbocycles. The third kappa shape index (κ3) is 6.57. The summed E-state index contributed by atoms with van der Waals surface area (Å²) in [6, 6.07) is 87.5. The lowest BCUT2D eigenvalue weighted by atomic mass is 10.0. The number of furan rings is 1. The van der Waals surface area contributed by atoms with Crippen LogP contribution in [0.15, 0.2) is 259 Å². The van der Waals surface area contributed by atoms with Crippen molar-refractivity contribution in [3.8, 4) is 22.3 Å². The van der Waals surface area contributed by atoms with Crippen LogP contribution >= 0.6 is 0 Å². The van der Waals surface area contributed by atoms with E-state index in [1.165, 1.54) is 31.1 Å². The standard InChI is InChI=1S/C58H42N2OSi2/c1-7-19-47(20-8-1)62(48-21-9-2-10-22-48,49-23-11-3-12-24-49)57-37-33-45(41-59-57)43-31-35-55-53(39-43)54-40-44(32-36-56(54)61-55)46-34-38-58(60-42-46)63(50-25-13-4-14-26-50,51-27-15-5-16-28-51)52-29-17-6-18-30-52/h1-42H. The van der Waals surface area contributed by atoms with Gasteiger partial charge in [-0.15, -0.1) is 0 Å². The molecule has 0 aliphatic heterocycles. The number of nitrogens with zero attached hydrogens (tertiary/aromatic N) is 2. The Balaban J connectivity index is 0.981. The zero-order valence-electron chi connectivity index (χ0n) is 34.6. The van der Waals surface area contributed by atoms with Gasteiger partial charge in [0.25, 0.3) is 0 Å². The van der Waals surface area contributed by atoms with Gasteiger partial charge in [-0.3, -0.25) is 9.97 Å². The fourth-order valence-electron chi connectivity index (χ4n) is 9.73. The van der Waals surface area contributed by atoms with Crippen LogP contribution in [0.4, 0.5) is 0 Å². The minimum atomic E-state index is -2.73. The summed E-state index contributed by atoms with van der Waals surface area (Å²) < 4.78 is 6.44. The second kappa shape index (κ2) is 16.3. The number of hydrogen-bond acceptors (Lipinski definition) is 3. The molecule has 0 atom stereocenters. The summed E-state index contributed by atoms with van der Waals surface area (Å²) in [5, 5.41) is 12.2. The fourth-order valence-corrected chi connectivity index (χ4v) is 18.8. The van der Waals surface area contributed by atoms with Gasteiger partial charge in [-0.05, 0) is 78.6 Å². The molecule has 3 heterocycles. The highest BCUT2D eigenvalue weighted by Gasteiger charge is 2.44. The van der Waals surface area contributed by atoms with Crippen molar-refractivity contribution in [1.82, 2.24) is 9.97 Å². The van der Waals surface area contributed by atoms with E-state index in [1.54, 1.807) is 0 Å². The lowest BCUT2D eigenvalue weighted by Crippen LogP contribution is -2.75. The van der Waals surface area contributed by atoms with Gasteiger partial charge in [0, 0.05) is 44.9 Å². The zero-order valence-corrected chi connectivity index (χ0v) is 36.6. The molecule has 3 aromatic heterocycles. The first kappa shape index (κ1) is 38.2. The van der Waals surface area contributed by atoms with Crippen LogP contribution in [0, 0.1) is 0 Å². The van der Waals surface area contributed by atoms with Gasteiger partial charge in [0.2, 0.25) is 16.1 Å². The number of hydrogen-bond donors (Lipinski definition) is 0. The van der Waals surface area contributed by atoms with E-state index in [9.17, 15) is 0 Å². The average molecular weight is 839 g/mol. The molecule has 0 unspecified atom stereocenters. The van der Waals surface area contributed by atoms with Gasteiger partial charge < -0.3 is 4.42 Å². The van der Waals surface area contributed by atoms with Crippen LogP contribution in [0.1, 0.15) is 0 Å². The normalized spacial score (nSPS) is 11.8. The lowest BCUT2D eigenvalue weighted by Gasteiger charge is -2.33. The number of fused-ring (bicyclic) bond motifs is 3. The van der Waals surface area contributed by atoms with Crippen molar-refractivity contribution in [2.75, 3.05) is 0 Å². The molecule has 63 heavy (non-hydrogen) atoms. The molecule has 0 saturated heterocycles. The smallest absolute Gasteiger partial charge is 0.201 e. The summed E-state index contributed by atoms with van der Waals surface area (Å²) >= 11 is 0. The molecular weight excluding hydrogens is 797 g/mol. The molecule has 11 aromatic rings. The Labute approximate surface area is 369 Å². The minimum Gasteiger partial charge on any atom is -0.456 e. The molecule has 0 fully saturated rings. The van der Waals surface area contributed by atoms with Crippen LogP contribution in [0.5, 0.6) is 0 Å². The third-order valence-electron chi connectivity index (χ3n) is 12.7. The maximum absolute atomic E-state index is 6.44. The van der Waals surface area contributed by atoms with Crippen LogP contribution in [0.3, 0.4) is 0 Å². The van der Waals surface area contributed by atoms with E-state index in [0.29, 0.717) is 0 Å². The van der Waals surface area contributed by atoms with Crippen LogP contribution in [0.2, 0.25) is 0 Å². The first-order valence-electron chi connectivity index (χ1n) is 21.5. The molecule has 0 amide bonds. The van der Waals surface area contributed by atoms with E-state index in [0.717, 1.165) is 54.8 Å². The Morgan fingerprint density at radius 2 is 0.540 bits per heavy atom. The van der Waals surface area contributed by atoms with E-state index < -0.39 is 16.1 Å². The Bertz CT molecular complexity index is 2870. The van der Waals surface area contributed by atoms with Crippen LogP contribution in [-0.4, -0.2) is 26.1 Å². The molecule has 0 radical (unpaired) electrons. The van der Waals surface area contributed by atoms with E-state index in [4.69, 9.17) is 14.4 Å². The van der Waals surface area contributed by atoms with Crippen molar-refractivity contribution in [3.05, 3.63) is 255 Å². The second-order valence-electron chi connectivity index (χ2n) is 16.1. The topological polar surface area (TPSA) is 38.9 Å². The highest BCUT2D eigenvalue weighted by Crippen LogP contribution is 2.35. The summed E-state index contributed by atoms with van der Waals surface area (Å²) in [6.07, 6.45) is 4.11. The van der Waals surface area contributed by atoms with Crippen molar-refractivity contribution < 1.29 is 4.42 Å². The van der Waals surface area contributed by atoms with E-state index in [-0.39, 0.29) is 0 Å². The molecule has 5 heteroatoms. The summed E-state index contributed by atoms with van der Waals surface area (Å²) in [5.74, 6) is 0. The Hall–Kier alpha value is -7.71. The number of rotatable bonds is 10. The molecule has 298 valence electrons.